The summed E-state index contributed by atoms with van der Waals surface area (Å²) < 4.78 is 0. The van der Waals surface area contributed by atoms with Gasteiger partial charge in [0.15, 0.2) is 0 Å². The Balaban J connectivity index is 2.14. The molecule has 0 unspecified atom stereocenters. The summed E-state index contributed by atoms with van der Waals surface area (Å²) in [7, 11) is 0. The molecular formula is C14H17ClN2S. The molecule has 0 radical (unpaired) electrons. The largest absolute Gasteiger partial charge is 0.365 e. The molecule has 0 amide bonds. The number of alkyl halides is 1. The SMILES string of the molecule is CCN(Cc1nc(CCl)cs1)c1cccc(C)c1. The van der Waals surface area contributed by atoms with Gasteiger partial charge in [-0.25, -0.2) is 4.98 Å². The van der Waals surface area contributed by atoms with Gasteiger partial charge in [-0.05, 0) is 31.5 Å². The number of benzene rings is 1. The lowest BCUT2D eigenvalue weighted by Crippen LogP contribution is -2.21. The number of hydrogen-bond donors (Lipinski definition) is 0. The number of halogens is 1. The van der Waals surface area contributed by atoms with Crippen LogP contribution in [-0.4, -0.2) is 11.5 Å². The quantitative estimate of drug-likeness (QED) is 0.763. The molecule has 0 saturated heterocycles. The van der Waals surface area contributed by atoms with Crippen LogP contribution in [0.5, 0.6) is 0 Å². The zero-order chi connectivity index (χ0) is 13.0. The first-order valence-electron chi connectivity index (χ1n) is 6.03. The van der Waals surface area contributed by atoms with Crippen molar-refractivity contribution in [3.05, 3.63) is 45.9 Å². The van der Waals surface area contributed by atoms with Crippen LogP contribution in [0.25, 0.3) is 0 Å². The summed E-state index contributed by atoms with van der Waals surface area (Å²) in [5.41, 5.74) is 3.50. The van der Waals surface area contributed by atoms with Crippen molar-refractivity contribution in [2.75, 3.05) is 11.4 Å². The Bertz CT molecular complexity index is 510. The highest BCUT2D eigenvalue weighted by molar-refractivity contribution is 7.09. The molecule has 0 spiro atoms. The molecule has 2 rings (SSSR count). The van der Waals surface area contributed by atoms with Crippen LogP contribution in [-0.2, 0) is 12.4 Å². The second-order valence-electron chi connectivity index (χ2n) is 4.22. The van der Waals surface area contributed by atoms with Gasteiger partial charge >= 0.3 is 0 Å². The minimum atomic E-state index is 0.493. The second kappa shape index (κ2) is 6.21. The van der Waals surface area contributed by atoms with Crippen molar-refractivity contribution in [3.8, 4) is 0 Å². The van der Waals surface area contributed by atoms with Gasteiger partial charge in [0.2, 0.25) is 0 Å². The lowest BCUT2D eigenvalue weighted by atomic mass is 10.2. The van der Waals surface area contributed by atoms with Crippen LogP contribution < -0.4 is 4.90 Å². The number of nitrogens with zero attached hydrogens (tertiary/aromatic N) is 2. The molecule has 0 aliphatic rings. The lowest BCUT2D eigenvalue weighted by Gasteiger charge is -2.22. The summed E-state index contributed by atoms with van der Waals surface area (Å²) in [5.74, 6) is 0.493. The maximum Gasteiger partial charge on any atom is 0.112 e. The Morgan fingerprint density at radius 1 is 1.39 bits per heavy atom. The van der Waals surface area contributed by atoms with Crippen LogP contribution in [0.2, 0.25) is 0 Å². The molecule has 0 N–H and O–H groups in total. The van der Waals surface area contributed by atoms with Gasteiger partial charge < -0.3 is 4.90 Å². The highest BCUT2D eigenvalue weighted by atomic mass is 35.5. The van der Waals surface area contributed by atoms with E-state index in [4.69, 9.17) is 11.6 Å². The predicted molar refractivity (Wildman–Crippen MR) is 79.6 cm³/mol. The van der Waals surface area contributed by atoms with Crippen LogP contribution >= 0.6 is 22.9 Å². The first kappa shape index (κ1) is 13.4. The van der Waals surface area contributed by atoms with Gasteiger partial charge in [0.25, 0.3) is 0 Å². The summed E-state index contributed by atoms with van der Waals surface area (Å²) in [5, 5.41) is 3.15. The highest BCUT2D eigenvalue weighted by Gasteiger charge is 2.08. The fourth-order valence-corrected chi connectivity index (χ4v) is 2.89. The van der Waals surface area contributed by atoms with Gasteiger partial charge in [-0.1, -0.05) is 12.1 Å². The van der Waals surface area contributed by atoms with Gasteiger partial charge in [0, 0.05) is 17.6 Å². The van der Waals surface area contributed by atoms with Crippen molar-refractivity contribution < 1.29 is 0 Å². The number of anilines is 1. The van der Waals surface area contributed by atoms with E-state index in [1.54, 1.807) is 11.3 Å². The highest BCUT2D eigenvalue weighted by Crippen LogP contribution is 2.20. The molecule has 0 saturated carbocycles. The topological polar surface area (TPSA) is 16.1 Å². The van der Waals surface area contributed by atoms with Crippen molar-refractivity contribution in [1.82, 2.24) is 4.98 Å². The van der Waals surface area contributed by atoms with Crippen LogP contribution in [0, 0.1) is 6.92 Å². The van der Waals surface area contributed by atoms with E-state index in [1.165, 1.54) is 11.3 Å². The number of aromatic nitrogens is 1. The minimum Gasteiger partial charge on any atom is -0.365 e. The summed E-state index contributed by atoms with van der Waals surface area (Å²) in [6.07, 6.45) is 0. The maximum atomic E-state index is 5.78. The average molecular weight is 281 g/mol. The number of hydrogen-bond acceptors (Lipinski definition) is 3. The van der Waals surface area contributed by atoms with Gasteiger partial charge in [-0.2, -0.15) is 0 Å². The normalized spacial score (nSPS) is 10.6. The van der Waals surface area contributed by atoms with Crippen molar-refractivity contribution in [3.63, 3.8) is 0 Å². The van der Waals surface area contributed by atoms with E-state index in [2.05, 4.69) is 48.0 Å². The molecule has 0 fully saturated rings. The standard InChI is InChI=1S/C14H17ClN2S/c1-3-17(13-6-4-5-11(2)7-13)9-14-16-12(8-15)10-18-14/h4-7,10H,3,8-9H2,1-2H3. The molecule has 4 heteroatoms. The van der Waals surface area contributed by atoms with Crippen molar-refractivity contribution in [2.45, 2.75) is 26.3 Å². The Morgan fingerprint density at radius 2 is 2.22 bits per heavy atom. The van der Waals surface area contributed by atoms with Crippen LogP contribution in [0.4, 0.5) is 5.69 Å². The van der Waals surface area contributed by atoms with Crippen LogP contribution in [0.1, 0.15) is 23.2 Å². The summed E-state index contributed by atoms with van der Waals surface area (Å²) >= 11 is 7.46. The number of rotatable bonds is 5. The van der Waals surface area contributed by atoms with E-state index >= 15 is 0 Å². The van der Waals surface area contributed by atoms with E-state index in [0.717, 1.165) is 23.8 Å². The molecule has 96 valence electrons. The summed E-state index contributed by atoms with van der Waals surface area (Å²) in [6, 6.07) is 8.57. The van der Waals surface area contributed by atoms with Crippen LogP contribution in [0.15, 0.2) is 29.6 Å². The van der Waals surface area contributed by atoms with Crippen molar-refractivity contribution in [2.24, 2.45) is 0 Å². The van der Waals surface area contributed by atoms with Crippen LogP contribution in [0.3, 0.4) is 0 Å². The number of aryl methyl sites for hydroxylation is 1. The monoisotopic (exact) mass is 280 g/mol. The minimum absolute atomic E-state index is 0.493. The van der Waals surface area contributed by atoms with Gasteiger partial charge in [-0.3, -0.25) is 0 Å². The fourth-order valence-electron chi connectivity index (χ4n) is 1.86. The van der Waals surface area contributed by atoms with E-state index in [9.17, 15) is 0 Å². The van der Waals surface area contributed by atoms with E-state index < -0.39 is 0 Å². The molecule has 1 aromatic heterocycles. The third kappa shape index (κ3) is 3.24. The zero-order valence-electron chi connectivity index (χ0n) is 10.7. The molecular weight excluding hydrogens is 264 g/mol. The zero-order valence-corrected chi connectivity index (χ0v) is 12.3. The van der Waals surface area contributed by atoms with E-state index in [1.807, 2.05) is 5.38 Å². The Kier molecular flexibility index (Phi) is 4.61. The molecule has 0 aliphatic heterocycles. The molecule has 18 heavy (non-hydrogen) atoms. The second-order valence-corrected chi connectivity index (χ2v) is 5.43. The first-order chi connectivity index (χ1) is 8.72. The Hall–Kier alpha value is -1.06. The van der Waals surface area contributed by atoms with Crippen molar-refractivity contribution in [1.29, 1.82) is 0 Å². The van der Waals surface area contributed by atoms with Gasteiger partial charge in [-0.15, -0.1) is 22.9 Å². The lowest BCUT2D eigenvalue weighted by molar-refractivity contribution is 0.822. The maximum absolute atomic E-state index is 5.78. The molecule has 2 nitrogen and oxygen atoms in total. The third-order valence-corrected chi connectivity index (χ3v) is 3.97. The molecule has 0 bridgehead atoms. The molecule has 1 aromatic carbocycles. The fraction of sp³-hybridized carbons (Fsp3) is 0.357. The Morgan fingerprint density at radius 3 is 2.83 bits per heavy atom. The number of thiazole rings is 1. The predicted octanol–water partition coefficient (Wildman–Crippen LogP) is 4.22. The molecule has 0 aliphatic carbocycles. The van der Waals surface area contributed by atoms with Crippen molar-refractivity contribution >= 4 is 28.6 Å². The van der Waals surface area contributed by atoms with E-state index in [-0.39, 0.29) is 0 Å². The molecule has 0 atom stereocenters. The average Bonchev–Trinajstić information content (AvgIpc) is 2.83. The Labute approximate surface area is 117 Å². The smallest absolute Gasteiger partial charge is 0.112 e. The van der Waals surface area contributed by atoms with E-state index in [0.29, 0.717) is 5.88 Å². The first-order valence-corrected chi connectivity index (χ1v) is 7.45. The molecule has 1 heterocycles. The summed E-state index contributed by atoms with van der Waals surface area (Å²) in [4.78, 5) is 6.83. The molecule has 2 aromatic rings. The van der Waals surface area contributed by atoms with Gasteiger partial charge in [0.1, 0.15) is 5.01 Å². The summed E-state index contributed by atoms with van der Waals surface area (Å²) in [6.45, 7) is 6.10. The van der Waals surface area contributed by atoms with Gasteiger partial charge in [0.05, 0.1) is 18.1 Å². The third-order valence-electron chi connectivity index (χ3n) is 2.81.